The van der Waals surface area contributed by atoms with Gasteiger partial charge in [-0.25, -0.2) is 4.79 Å². The van der Waals surface area contributed by atoms with Gasteiger partial charge in [0.05, 0.1) is 13.0 Å². The molecule has 8 heteroatoms. The number of hydrogen-bond acceptors (Lipinski definition) is 4. The van der Waals surface area contributed by atoms with Crippen molar-refractivity contribution in [1.29, 1.82) is 0 Å². The Morgan fingerprint density at radius 3 is 2.48 bits per heavy atom. The highest BCUT2D eigenvalue weighted by atomic mass is 35.6. The number of nitrogens with zero attached hydrogens (tertiary/aromatic N) is 1. The summed E-state index contributed by atoms with van der Waals surface area (Å²) in [5.74, 6) is 5.02. The molecule has 2 saturated heterocycles. The molecule has 0 N–H and O–H groups in total. The van der Waals surface area contributed by atoms with E-state index in [0.29, 0.717) is 12.8 Å². The first-order chi connectivity index (χ1) is 13.7. The summed E-state index contributed by atoms with van der Waals surface area (Å²) in [7, 11) is 1.37. The smallest absolute Gasteiger partial charge is 0.410 e. The molecule has 2 heterocycles. The van der Waals surface area contributed by atoms with Crippen molar-refractivity contribution in [3.05, 3.63) is 35.4 Å². The van der Waals surface area contributed by atoms with E-state index >= 15 is 0 Å². The summed E-state index contributed by atoms with van der Waals surface area (Å²) in [5, 5.41) is 0. The highest BCUT2D eigenvalue weighted by Gasteiger charge is 2.53. The van der Waals surface area contributed by atoms with Crippen LogP contribution in [0.3, 0.4) is 0 Å². The summed E-state index contributed by atoms with van der Waals surface area (Å²) in [4.78, 5) is 27.0. The number of piperidine rings is 1. The van der Waals surface area contributed by atoms with Crippen LogP contribution in [0, 0.1) is 17.8 Å². The standard InChI is InChI=1S/C21H22Cl3NO4/c1-3-4-13-5-7-14(8-6-13)16-11-15-9-10-17(18(16)19(26)28-2)25(15)20(27)29-12-21(22,23)24/h5-8,15-18H,9-12H2,1-2H3/t15-,16+,17+,18-/m0/s1. The second kappa shape index (κ2) is 9.04. The lowest BCUT2D eigenvalue weighted by Gasteiger charge is -2.43. The zero-order valence-corrected chi connectivity index (χ0v) is 18.4. The van der Waals surface area contributed by atoms with Gasteiger partial charge in [0.25, 0.3) is 0 Å². The Morgan fingerprint density at radius 1 is 1.21 bits per heavy atom. The van der Waals surface area contributed by atoms with Gasteiger partial charge < -0.3 is 14.4 Å². The average Bonchev–Trinajstić information content (AvgIpc) is 2.99. The highest BCUT2D eigenvalue weighted by Crippen LogP contribution is 2.47. The maximum atomic E-state index is 12.7. The number of benzene rings is 1. The number of rotatable bonds is 3. The summed E-state index contributed by atoms with van der Waals surface area (Å²) in [6.07, 6.45) is 1.56. The molecule has 2 aliphatic heterocycles. The zero-order valence-electron chi connectivity index (χ0n) is 16.2. The molecule has 0 aromatic heterocycles. The minimum atomic E-state index is -1.68. The molecule has 1 aromatic carbocycles. The summed E-state index contributed by atoms with van der Waals surface area (Å²) < 4.78 is 8.61. The van der Waals surface area contributed by atoms with E-state index < -0.39 is 15.8 Å². The minimum Gasteiger partial charge on any atom is -0.469 e. The van der Waals surface area contributed by atoms with Gasteiger partial charge in [-0.05, 0) is 43.9 Å². The Balaban J connectivity index is 1.86. The van der Waals surface area contributed by atoms with Gasteiger partial charge >= 0.3 is 12.1 Å². The van der Waals surface area contributed by atoms with Crippen molar-refractivity contribution in [1.82, 2.24) is 4.90 Å². The number of ether oxygens (including phenoxy) is 2. The van der Waals surface area contributed by atoms with Crippen LogP contribution in [0.1, 0.15) is 43.2 Å². The van der Waals surface area contributed by atoms with E-state index in [4.69, 9.17) is 44.3 Å². The van der Waals surface area contributed by atoms with Gasteiger partial charge in [0.1, 0.15) is 6.61 Å². The lowest BCUT2D eigenvalue weighted by molar-refractivity contribution is -0.150. The van der Waals surface area contributed by atoms with Crippen LogP contribution in [0.15, 0.2) is 24.3 Å². The number of hydrogen-bond donors (Lipinski definition) is 0. The van der Waals surface area contributed by atoms with E-state index in [1.807, 2.05) is 24.3 Å². The Labute approximate surface area is 185 Å². The molecule has 3 rings (SSSR count). The molecule has 0 unspecified atom stereocenters. The van der Waals surface area contributed by atoms with E-state index in [0.717, 1.165) is 17.5 Å². The van der Waals surface area contributed by atoms with Crippen molar-refractivity contribution in [2.45, 2.75) is 48.0 Å². The molecule has 1 amide bonds. The van der Waals surface area contributed by atoms with Crippen molar-refractivity contribution in [3.8, 4) is 11.8 Å². The van der Waals surface area contributed by atoms with Gasteiger partial charge in [0.15, 0.2) is 0 Å². The average molecular weight is 459 g/mol. The van der Waals surface area contributed by atoms with E-state index in [2.05, 4.69) is 11.8 Å². The minimum absolute atomic E-state index is 0.0381. The third-order valence-electron chi connectivity index (χ3n) is 5.57. The van der Waals surface area contributed by atoms with Crippen LogP contribution in [-0.2, 0) is 14.3 Å². The Morgan fingerprint density at radius 2 is 1.90 bits per heavy atom. The fourth-order valence-electron chi connectivity index (χ4n) is 4.47. The molecule has 0 aliphatic carbocycles. The number of carbonyl (C=O) groups excluding carboxylic acids is 2. The van der Waals surface area contributed by atoms with Crippen LogP contribution in [-0.4, -0.2) is 46.6 Å². The molecule has 5 nitrogen and oxygen atoms in total. The maximum absolute atomic E-state index is 12.7. The summed E-state index contributed by atoms with van der Waals surface area (Å²) >= 11 is 17.1. The molecule has 2 aliphatic rings. The van der Waals surface area contributed by atoms with E-state index in [9.17, 15) is 9.59 Å². The fourth-order valence-corrected chi connectivity index (χ4v) is 4.63. The fraction of sp³-hybridized carbons (Fsp3) is 0.524. The van der Waals surface area contributed by atoms with Crippen molar-refractivity contribution >= 4 is 46.9 Å². The van der Waals surface area contributed by atoms with Crippen LogP contribution >= 0.6 is 34.8 Å². The maximum Gasteiger partial charge on any atom is 0.410 e. The van der Waals surface area contributed by atoms with Crippen LogP contribution in [0.2, 0.25) is 0 Å². The molecule has 2 bridgehead atoms. The van der Waals surface area contributed by atoms with Gasteiger partial charge in [0, 0.05) is 23.6 Å². The number of carbonyl (C=O) groups is 2. The number of methoxy groups -OCH3 is 1. The molecular formula is C21H22Cl3NO4. The third kappa shape index (κ3) is 4.94. The predicted molar refractivity (Wildman–Crippen MR) is 112 cm³/mol. The van der Waals surface area contributed by atoms with Crippen molar-refractivity contribution in [2.24, 2.45) is 5.92 Å². The number of amides is 1. The van der Waals surface area contributed by atoms with Crippen LogP contribution < -0.4 is 0 Å². The second-order valence-corrected chi connectivity index (χ2v) is 9.78. The van der Waals surface area contributed by atoms with E-state index in [1.54, 1.807) is 11.8 Å². The lowest BCUT2D eigenvalue weighted by atomic mass is 9.76. The third-order valence-corrected chi connectivity index (χ3v) is 5.90. The molecule has 156 valence electrons. The largest absolute Gasteiger partial charge is 0.469 e. The van der Waals surface area contributed by atoms with Gasteiger partial charge in [-0.1, -0.05) is 52.9 Å². The summed E-state index contributed by atoms with van der Waals surface area (Å²) in [6.45, 7) is 1.44. The van der Waals surface area contributed by atoms with Gasteiger partial charge in [0.2, 0.25) is 3.79 Å². The predicted octanol–water partition coefficient (Wildman–Crippen LogP) is 4.67. The van der Waals surface area contributed by atoms with Gasteiger partial charge in [-0.2, -0.15) is 0 Å². The monoisotopic (exact) mass is 457 g/mol. The van der Waals surface area contributed by atoms with Crippen LogP contribution in [0.25, 0.3) is 0 Å². The number of esters is 1. The summed E-state index contributed by atoms with van der Waals surface area (Å²) in [5.41, 5.74) is 1.95. The number of fused-ring (bicyclic) bond motifs is 2. The molecule has 0 radical (unpaired) electrons. The Hall–Kier alpha value is -1.61. The first kappa shape index (κ1) is 22.1. The van der Waals surface area contributed by atoms with Crippen molar-refractivity contribution in [2.75, 3.05) is 13.7 Å². The van der Waals surface area contributed by atoms with Gasteiger partial charge in [-0.15, -0.1) is 5.92 Å². The molecule has 0 spiro atoms. The van der Waals surface area contributed by atoms with Crippen molar-refractivity contribution < 1.29 is 19.1 Å². The molecule has 4 atom stereocenters. The number of alkyl halides is 3. The Kier molecular flexibility index (Phi) is 6.88. The molecule has 29 heavy (non-hydrogen) atoms. The van der Waals surface area contributed by atoms with Crippen molar-refractivity contribution in [3.63, 3.8) is 0 Å². The van der Waals surface area contributed by atoms with Crippen LogP contribution in [0.4, 0.5) is 4.79 Å². The first-order valence-corrected chi connectivity index (χ1v) is 10.5. The van der Waals surface area contributed by atoms with E-state index in [1.165, 1.54) is 7.11 Å². The Bertz CT molecular complexity index is 825. The second-order valence-electron chi connectivity index (χ2n) is 7.26. The first-order valence-electron chi connectivity index (χ1n) is 9.37. The molecule has 2 fully saturated rings. The molecule has 0 saturated carbocycles. The molecule has 1 aromatic rings. The van der Waals surface area contributed by atoms with Gasteiger partial charge in [-0.3, -0.25) is 4.79 Å². The highest BCUT2D eigenvalue weighted by molar-refractivity contribution is 6.67. The summed E-state index contributed by atoms with van der Waals surface area (Å²) in [6, 6.07) is 7.54. The molecular weight excluding hydrogens is 437 g/mol. The van der Waals surface area contributed by atoms with Crippen LogP contribution in [0.5, 0.6) is 0 Å². The zero-order chi connectivity index (χ0) is 21.2. The lowest BCUT2D eigenvalue weighted by Crippen LogP contribution is -2.53. The quantitative estimate of drug-likeness (QED) is 0.375. The number of halogens is 3. The topological polar surface area (TPSA) is 55.8 Å². The van der Waals surface area contributed by atoms with E-state index in [-0.39, 0.29) is 30.6 Å². The SMILES string of the molecule is CC#Cc1ccc([C@H]2C[C@@H]3CC[C@H]([C@H]2C(=O)OC)N3C(=O)OCC(Cl)(Cl)Cl)cc1. The normalized spacial score (nSPS) is 25.8.